The molecule has 19 heavy (non-hydrogen) atoms. The third-order valence-electron chi connectivity index (χ3n) is 4.36. The zero-order valence-electron chi connectivity index (χ0n) is 12.0. The Morgan fingerprint density at radius 1 is 1.21 bits per heavy atom. The molecular weight excluding hydrogens is 298 g/mol. The maximum absolute atomic E-state index is 3.62. The Hall–Kier alpha value is -0.340. The first-order chi connectivity index (χ1) is 9.31. The molecule has 0 heterocycles. The maximum Gasteiger partial charge on any atom is 0.0178 e. The van der Waals surface area contributed by atoms with Crippen molar-refractivity contribution < 1.29 is 0 Å². The standard InChI is InChI=1S/C17H26BrN/c1-2-19-13-17(14-8-5-3-4-6-9-14)15-10-7-11-16(18)12-15/h7,10-12,14,17,19H,2-6,8-9,13H2,1H3. The van der Waals surface area contributed by atoms with Gasteiger partial charge >= 0.3 is 0 Å². The molecule has 1 unspecified atom stereocenters. The second-order valence-corrected chi connectivity index (χ2v) is 6.64. The lowest BCUT2D eigenvalue weighted by atomic mass is 9.81. The molecule has 1 nitrogen and oxygen atoms in total. The van der Waals surface area contributed by atoms with E-state index < -0.39 is 0 Å². The van der Waals surface area contributed by atoms with Crippen molar-refractivity contribution in [2.75, 3.05) is 13.1 Å². The number of hydrogen-bond acceptors (Lipinski definition) is 1. The van der Waals surface area contributed by atoms with Crippen LogP contribution in [0.2, 0.25) is 0 Å². The molecule has 0 spiro atoms. The maximum atomic E-state index is 3.62. The van der Waals surface area contributed by atoms with E-state index in [4.69, 9.17) is 0 Å². The van der Waals surface area contributed by atoms with Crippen molar-refractivity contribution in [2.24, 2.45) is 5.92 Å². The van der Waals surface area contributed by atoms with E-state index in [1.54, 1.807) is 0 Å². The highest BCUT2D eigenvalue weighted by molar-refractivity contribution is 9.10. The van der Waals surface area contributed by atoms with Crippen LogP contribution in [0.1, 0.15) is 56.9 Å². The smallest absolute Gasteiger partial charge is 0.0178 e. The summed E-state index contributed by atoms with van der Waals surface area (Å²) in [5, 5.41) is 3.57. The summed E-state index contributed by atoms with van der Waals surface area (Å²) in [6.45, 7) is 4.39. The molecule has 0 radical (unpaired) electrons. The summed E-state index contributed by atoms with van der Waals surface area (Å²) in [7, 11) is 0. The summed E-state index contributed by atoms with van der Waals surface area (Å²) in [4.78, 5) is 0. The minimum absolute atomic E-state index is 0.676. The van der Waals surface area contributed by atoms with Crippen LogP contribution in [-0.2, 0) is 0 Å². The fourth-order valence-electron chi connectivity index (χ4n) is 3.31. The van der Waals surface area contributed by atoms with Crippen LogP contribution < -0.4 is 5.32 Å². The van der Waals surface area contributed by atoms with Crippen LogP contribution in [0, 0.1) is 5.92 Å². The molecule has 1 aliphatic carbocycles. The molecule has 0 bridgehead atoms. The van der Waals surface area contributed by atoms with E-state index in [1.807, 2.05) is 0 Å². The Labute approximate surface area is 126 Å². The fourth-order valence-corrected chi connectivity index (χ4v) is 3.72. The highest BCUT2D eigenvalue weighted by atomic mass is 79.9. The van der Waals surface area contributed by atoms with Crippen molar-refractivity contribution in [3.63, 3.8) is 0 Å². The molecule has 1 aromatic rings. The van der Waals surface area contributed by atoms with Gasteiger partial charge in [0, 0.05) is 11.0 Å². The molecule has 1 N–H and O–H groups in total. The Morgan fingerprint density at radius 3 is 2.58 bits per heavy atom. The monoisotopic (exact) mass is 323 g/mol. The van der Waals surface area contributed by atoms with Gasteiger partial charge in [-0.15, -0.1) is 0 Å². The Balaban J connectivity index is 2.13. The van der Waals surface area contributed by atoms with Crippen LogP contribution in [0.15, 0.2) is 28.7 Å². The van der Waals surface area contributed by atoms with Crippen LogP contribution in [0.5, 0.6) is 0 Å². The van der Waals surface area contributed by atoms with Gasteiger partial charge in [-0.05, 0) is 48.9 Å². The fraction of sp³-hybridized carbons (Fsp3) is 0.647. The van der Waals surface area contributed by atoms with Crippen molar-refractivity contribution in [3.8, 4) is 0 Å². The molecule has 1 aliphatic rings. The summed E-state index contributed by atoms with van der Waals surface area (Å²) < 4.78 is 1.21. The van der Waals surface area contributed by atoms with Gasteiger partial charge in [-0.25, -0.2) is 0 Å². The summed E-state index contributed by atoms with van der Waals surface area (Å²) in [5.74, 6) is 1.53. The van der Waals surface area contributed by atoms with Gasteiger partial charge < -0.3 is 5.32 Å². The van der Waals surface area contributed by atoms with E-state index in [0.717, 1.165) is 19.0 Å². The summed E-state index contributed by atoms with van der Waals surface area (Å²) in [6, 6.07) is 8.92. The van der Waals surface area contributed by atoms with Crippen LogP contribution in [0.4, 0.5) is 0 Å². The van der Waals surface area contributed by atoms with Gasteiger partial charge in [0.1, 0.15) is 0 Å². The lowest BCUT2D eigenvalue weighted by molar-refractivity contribution is 0.363. The minimum Gasteiger partial charge on any atom is -0.316 e. The second-order valence-electron chi connectivity index (χ2n) is 5.72. The van der Waals surface area contributed by atoms with Gasteiger partial charge in [0.15, 0.2) is 0 Å². The van der Waals surface area contributed by atoms with Crippen molar-refractivity contribution in [2.45, 2.75) is 51.4 Å². The Kier molecular flexibility index (Phi) is 6.39. The number of likely N-dealkylation sites (N-methyl/N-ethyl adjacent to an activating group) is 1. The number of rotatable bonds is 5. The molecule has 0 amide bonds. The van der Waals surface area contributed by atoms with Gasteiger partial charge in [0.2, 0.25) is 0 Å². The Morgan fingerprint density at radius 2 is 1.95 bits per heavy atom. The van der Waals surface area contributed by atoms with E-state index in [1.165, 1.54) is 48.6 Å². The summed E-state index contributed by atoms with van der Waals surface area (Å²) >= 11 is 3.62. The largest absolute Gasteiger partial charge is 0.316 e. The molecule has 1 atom stereocenters. The van der Waals surface area contributed by atoms with Gasteiger partial charge in [-0.1, -0.05) is 60.7 Å². The predicted molar refractivity (Wildman–Crippen MR) is 86.6 cm³/mol. The first-order valence-electron chi connectivity index (χ1n) is 7.77. The van der Waals surface area contributed by atoms with Crippen LogP contribution in [0.3, 0.4) is 0 Å². The van der Waals surface area contributed by atoms with Crippen LogP contribution in [-0.4, -0.2) is 13.1 Å². The molecule has 0 saturated heterocycles. The number of hydrogen-bond donors (Lipinski definition) is 1. The van der Waals surface area contributed by atoms with Gasteiger partial charge in [-0.2, -0.15) is 0 Å². The molecule has 2 heteroatoms. The summed E-state index contributed by atoms with van der Waals surface area (Å²) in [6.07, 6.45) is 8.51. The quantitative estimate of drug-likeness (QED) is 0.742. The van der Waals surface area contributed by atoms with Crippen molar-refractivity contribution in [1.82, 2.24) is 5.32 Å². The first-order valence-corrected chi connectivity index (χ1v) is 8.56. The lowest BCUT2D eigenvalue weighted by Gasteiger charge is -2.27. The third-order valence-corrected chi connectivity index (χ3v) is 4.85. The van der Waals surface area contributed by atoms with Crippen molar-refractivity contribution >= 4 is 15.9 Å². The highest BCUT2D eigenvalue weighted by Gasteiger charge is 2.23. The number of nitrogens with one attached hydrogen (secondary N) is 1. The number of halogens is 1. The van der Waals surface area contributed by atoms with Crippen LogP contribution in [0.25, 0.3) is 0 Å². The average Bonchev–Trinajstić information content (AvgIpc) is 2.68. The SMILES string of the molecule is CCNCC(c1cccc(Br)c1)C1CCCCCC1. The molecule has 1 fully saturated rings. The van der Waals surface area contributed by atoms with E-state index in [2.05, 4.69) is 52.4 Å². The lowest BCUT2D eigenvalue weighted by Crippen LogP contribution is -2.26. The molecular formula is C17H26BrN. The predicted octanol–water partition coefficient (Wildman–Crippen LogP) is 5.11. The van der Waals surface area contributed by atoms with Gasteiger partial charge in [0.25, 0.3) is 0 Å². The Bertz CT molecular complexity index is 369. The van der Waals surface area contributed by atoms with Crippen molar-refractivity contribution in [1.29, 1.82) is 0 Å². The van der Waals surface area contributed by atoms with Gasteiger partial charge in [0.05, 0.1) is 0 Å². The first kappa shape index (κ1) is 15.1. The number of benzene rings is 1. The second kappa shape index (κ2) is 8.06. The van der Waals surface area contributed by atoms with E-state index in [0.29, 0.717) is 5.92 Å². The molecule has 0 aliphatic heterocycles. The van der Waals surface area contributed by atoms with E-state index in [-0.39, 0.29) is 0 Å². The van der Waals surface area contributed by atoms with E-state index in [9.17, 15) is 0 Å². The van der Waals surface area contributed by atoms with E-state index >= 15 is 0 Å². The molecule has 106 valence electrons. The van der Waals surface area contributed by atoms with Crippen LogP contribution >= 0.6 is 15.9 Å². The highest BCUT2D eigenvalue weighted by Crippen LogP contribution is 2.35. The minimum atomic E-state index is 0.676. The normalized spacial score (nSPS) is 19.1. The average molecular weight is 324 g/mol. The summed E-state index contributed by atoms with van der Waals surface area (Å²) in [5.41, 5.74) is 1.50. The van der Waals surface area contributed by atoms with Gasteiger partial charge in [-0.3, -0.25) is 0 Å². The molecule has 0 aromatic heterocycles. The molecule has 1 saturated carbocycles. The topological polar surface area (TPSA) is 12.0 Å². The van der Waals surface area contributed by atoms with Crippen molar-refractivity contribution in [3.05, 3.63) is 34.3 Å². The zero-order chi connectivity index (χ0) is 13.5. The third kappa shape index (κ3) is 4.61. The zero-order valence-corrected chi connectivity index (χ0v) is 13.6. The molecule has 1 aromatic carbocycles. The molecule has 2 rings (SSSR count).